The van der Waals surface area contributed by atoms with Crippen LogP contribution in [0.25, 0.3) is 0 Å². The van der Waals surface area contributed by atoms with Crippen molar-refractivity contribution in [3.05, 3.63) is 21.3 Å². The van der Waals surface area contributed by atoms with Gasteiger partial charge in [0.1, 0.15) is 0 Å². The molecule has 0 aliphatic carbocycles. The zero-order valence-corrected chi connectivity index (χ0v) is 10.8. The first-order chi connectivity index (χ1) is 7.07. The molecule has 3 N–H and O–H groups in total. The minimum absolute atomic E-state index is 0.0370. The fourth-order valence-electron chi connectivity index (χ4n) is 1.51. The zero-order chi connectivity index (χ0) is 11.5. The van der Waals surface area contributed by atoms with Crippen LogP contribution in [0.1, 0.15) is 31.2 Å². The van der Waals surface area contributed by atoms with E-state index in [-0.39, 0.29) is 11.6 Å². The van der Waals surface area contributed by atoms with Gasteiger partial charge in [0.25, 0.3) is 0 Å². The number of hydrogen-bond donors (Lipinski definition) is 2. The quantitative estimate of drug-likeness (QED) is 0.622. The van der Waals surface area contributed by atoms with Crippen molar-refractivity contribution < 1.29 is 4.74 Å². The van der Waals surface area contributed by atoms with Crippen molar-refractivity contribution in [2.75, 3.05) is 7.11 Å². The number of nitrogens with two attached hydrogens (primary N) is 1. The van der Waals surface area contributed by atoms with E-state index in [2.05, 4.69) is 12.3 Å². The van der Waals surface area contributed by atoms with E-state index in [0.717, 1.165) is 15.6 Å². The van der Waals surface area contributed by atoms with Crippen molar-refractivity contribution in [2.24, 2.45) is 5.84 Å². The number of methoxy groups -OCH3 is 1. The van der Waals surface area contributed by atoms with E-state index in [0.29, 0.717) is 0 Å². The third-order valence-corrected chi connectivity index (χ3v) is 4.12. The summed E-state index contributed by atoms with van der Waals surface area (Å²) in [6.45, 7) is 4.11. The van der Waals surface area contributed by atoms with Gasteiger partial charge >= 0.3 is 0 Å². The SMILES string of the molecule is CCC(C)(OC)C(NN)c1ccc(Cl)s1. The van der Waals surface area contributed by atoms with Gasteiger partial charge in [-0.05, 0) is 25.5 Å². The molecule has 0 bridgehead atoms. The van der Waals surface area contributed by atoms with Crippen molar-refractivity contribution in [2.45, 2.75) is 31.9 Å². The van der Waals surface area contributed by atoms with Crippen LogP contribution < -0.4 is 11.3 Å². The van der Waals surface area contributed by atoms with Gasteiger partial charge in [0.2, 0.25) is 0 Å². The summed E-state index contributed by atoms with van der Waals surface area (Å²) in [4.78, 5) is 1.09. The van der Waals surface area contributed by atoms with Gasteiger partial charge < -0.3 is 4.74 Å². The highest BCUT2D eigenvalue weighted by molar-refractivity contribution is 7.16. The van der Waals surface area contributed by atoms with Gasteiger partial charge in [0, 0.05) is 12.0 Å². The Morgan fingerprint density at radius 2 is 2.33 bits per heavy atom. The Balaban J connectivity index is 2.97. The van der Waals surface area contributed by atoms with Crippen molar-refractivity contribution in [3.8, 4) is 0 Å². The number of nitrogens with one attached hydrogen (secondary N) is 1. The van der Waals surface area contributed by atoms with Crippen LogP contribution in [0, 0.1) is 0 Å². The summed E-state index contributed by atoms with van der Waals surface area (Å²) in [5.41, 5.74) is 2.48. The molecule has 0 saturated carbocycles. The second-order valence-corrected chi connectivity index (χ2v) is 5.36. The molecule has 0 fully saturated rings. The highest BCUT2D eigenvalue weighted by Crippen LogP contribution is 2.36. The molecule has 0 radical (unpaired) electrons. The molecule has 0 spiro atoms. The Morgan fingerprint density at radius 1 is 1.67 bits per heavy atom. The predicted octanol–water partition coefficient (Wildman–Crippen LogP) is 2.72. The highest BCUT2D eigenvalue weighted by atomic mass is 35.5. The number of ether oxygens (including phenoxy) is 1. The molecule has 1 aromatic rings. The molecule has 0 aliphatic rings. The van der Waals surface area contributed by atoms with E-state index in [1.165, 1.54) is 11.3 Å². The molecular weight excluding hydrogens is 232 g/mol. The third kappa shape index (κ3) is 2.71. The first kappa shape index (κ1) is 12.9. The molecule has 86 valence electrons. The van der Waals surface area contributed by atoms with E-state index in [9.17, 15) is 0 Å². The molecule has 0 saturated heterocycles. The van der Waals surface area contributed by atoms with E-state index < -0.39 is 0 Å². The summed E-state index contributed by atoms with van der Waals surface area (Å²) in [5.74, 6) is 5.58. The maximum absolute atomic E-state index is 5.91. The Kier molecular flexibility index (Phi) is 4.55. The standard InChI is InChI=1S/C10H17ClN2OS/c1-4-10(2,14-3)9(13-12)7-5-6-8(11)15-7/h5-6,9,13H,4,12H2,1-3H3. The van der Waals surface area contributed by atoms with Crippen LogP contribution in [0.2, 0.25) is 4.34 Å². The Labute approximate surface area is 99.5 Å². The minimum atomic E-state index is -0.317. The molecule has 3 nitrogen and oxygen atoms in total. The Hall–Kier alpha value is -0.130. The molecule has 0 aromatic carbocycles. The first-order valence-electron chi connectivity index (χ1n) is 4.84. The van der Waals surface area contributed by atoms with E-state index >= 15 is 0 Å². The van der Waals surface area contributed by atoms with Gasteiger partial charge in [-0.25, -0.2) is 5.43 Å². The molecule has 1 heterocycles. The van der Waals surface area contributed by atoms with Crippen molar-refractivity contribution in [1.82, 2.24) is 5.43 Å². The maximum atomic E-state index is 5.91. The third-order valence-electron chi connectivity index (χ3n) is 2.82. The lowest BCUT2D eigenvalue weighted by Gasteiger charge is -2.34. The smallest absolute Gasteiger partial charge is 0.0931 e. The van der Waals surface area contributed by atoms with Crippen LogP contribution in [0.4, 0.5) is 0 Å². The monoisotopic (exact) mass is 248 g/mol. The minimum Gasteiger partial charge on any atom is -0.376 e. The van der Waals surface area contributed by atoms with Crippen LogP contribution in [-0.2, 0) is 4.74 Å². The number of hydrogen-bond acceptors (Lipinski definition) is 4. The molecule has 2 unspecified atom stereocenters. The van der Waals surface area contributed by atoms with Gasteiger partial charge in [-0.15, -0.1) is 11.3 Å². The zero-order valence-electron chi connectivity index (χ0n) is 9.21. The molecule has 2 atom stereocenters. The lowest BCUT2D eigenvalue weighted by molar-refractivity contribution is -0.0290. The van der Waals surface area contributed by atoms with E-state index in [1.807, 2.05) is 19.1 Å². The van der Waals surface area contributed by atoms with Gasteiger partial charge in [-0.1, -0.05) is 18.5 Å². The molecule has 0 amide bonds. The average molecular weight is 249 g/mol. The fraction of sp³-hybridized carbons (Fsp3) is 0.600. The van der Waals surface area contributed by atoms with Crippen molar-refractivity contribution in [3.63, 3.8) is 0 Å². The Bertz CT molecular complexity index is 312. The summed E-state index contributed by atoms with van der Waals surface area (Å²) < 4.78 is 6.29. The number of hydrazine groups is 1. The molecule has 0 aliphatic heterocycles. The molecule has 1 rings (SSSR count). The second-order valence-electron chi connectivity index (χ2n) is 3.61. The van der Waals surface area contributed by atoms with Crippen LogP contribution in [0.15, 0.2) is 12.1 Å². The van der Waals surface area contributed by atoms with Gasteiger partial charge in [0.05, 0.1) is 16.0 Å². The molecule has 15 heavy (non-hydrogen) atoms. The summed E-state index contributed by atoms with van der Waals surface area (Å²) in [6.07, 6.45) is 0.869. The second kappa shape index (κ2) is 5.27. The normalized spacial score (nSPS) is 17.4. The predicted molar refractivity (Wildman–Crippen MR) is 65.1 cm³/mol. The van der Waals surface area contributed by atoms with E-state index in [4.69, 9.17) is 22.2 Å². The highest BCUT2D eigenvalue weighted by Gasteiger charge is 2.34. The number of thiophene rings is 1. The van der Waals surface area contributed by atoms with Crippen LogP contribution in [0.5, 0.6) is 0 Å². The van der Waals surface area contributed by atoms with Crippen molar-refractivity contribution in [1.29, 1.82) is 0 Å². The fourth-order valence-corrected chi connectivity index (χ4v) is 2.77. The summed E-state index contributed by atoms with van der Waals surface area (Å²) in [7, 11) is 1.70. The van der Waals surface area contributed by atoms with Gasteiger partial charge in [-0.2, -0.15) is 0 Å². The lowest BCUT2D eigenvalue weighted by atomic mass is 9.92. The van der Waals surface area contributed by atoms with Crippen LogP contribution in [-0.4, -0.2) is 12.7 Å². The topological polar surface area (TPSA) is 47.3 Å². The first-order valence-corrected chi connectivity index (χ1v) is 6.03. The summed E-state index contributed by atoms with van der Waals surface area (Å²) in [5, 5.41) is 0. The van der Waals surface area contributed by atoms with Crippen LogP contribution >= 0.6 is 22.9 Å². The van der Waals surface area contributed by atoms with E-state index in [1.54, 1.807) is 7.11 Å². The van der Waals surface area contributed by atoms with Gasteiger partial charge in [-0.3, -0.25) is 5.84 Å². The lowest BCUT2D eigenvalue weighted by Crippen LogP contribution is -2.45. The summed E-state index contributed by atoms with van der Waals surface area (Å²) in [6, 6.07) is 3.81. The average Bonchev–Trinajstić information content (AvgIpc) is 2.65. The maximum Gasteiger partial charge on any atom is 0.0931 e. The summed E-state index contributed by atoms with van der Waals surface area (Å²) >= 11 is 7.43. The largest absolute Gasteiger partial charge is 0.376 e. The Morgan fingerprint density at radius 3 is 2.67 bits per heavy atom. The number of halogens is 1. The van der Waals surface area contributed by atoms with Crippen molar-refractivity contribution >= 4 is 22.9 Å². The molecular formula is C10H17ClN2OS. The number of rotatable bonds is 5. The van der Waals surface area contributed by atoms with Crippen LogP contribution in [0.3, 0.4) is 0 Å². The molecule has 1 aromatic heterocycles. The van der Waals surface area contributed by atoms with Gasteiger partial charge in [0.15, 0.2) is 0 Å². The molecule has 5 heteroatoms.